The summed E-state index contributed by atoms with van der Waals surface area (Å²) < 4.78 is 10.1. The molecule has 0 saturated heterocycles. The van der Waals surface area contributed by atoms with Gasteiger partial charge in [0, 0.05) is 20.3 Å². The molecular formula is C12H27NO4. The minimum Gasteiger partial charge on any atom is -0.391 e. The standard InChI is InChI=1S/C12H27NO4/c1-10(2)7-17-9-12(15)6-13-5-4-11(14)8-16-3/h10-15H,4-9H2,1-3H3. The van der Waals surface area contributed by atoms with E-state index in [1.54, 1.807) is 7.11 Å². The molecule has 0 radical (unpaired) electrons. The zero-order chi connectivity index (χ0) is 13.1. The van der Waals surface area contributed by atoms with Crippen LogP contribution in [0.25, 0.3) is 0 Å². The fourth-order valence-electron chi connectivity index (χ4n) is 1.31. The van der Waals surface area contributed by atoms with Crippen LogP contribution in [0.5, 0.6) is 0 Å². The van der Waals surface area contributed by atoms with Crippen molar-refractivity contribution in [1.29, 1.82) is 0 Å². The molecule has 2 atom stereocenters. The number of rotatable bonds is 11. The number of ether oxygens (including phenoxy) is 2. The lowest BCUT2D eigenvalue weighted by atomic mass is 10.2. The second-order valence-electron chi connectivity index (χ2n) is 4.69. The molecule has 0 aromatic carbocycles. The normalized spacial score (nSPS) is 15.2. The summed E-state index contributed by atoms with van der Waals surface area (Å²) in [5.74, 6) is 0.486. The molecule has 0 saturated carbocycles. The molecule has 5 nitrogen and oxygen atoms in total. The van der Waals surface area contributed by atoms with Crippen LogP contribution in [0.2, 0.25) is 0 Å². The number of aliphatic hydroxyl groups excluding tert-OH is 2. The van der Waals surface area contributed by atoms with E-state index < -0.39 is 12.2 Å². The Morgan fingerprint density at radius 3 is 2.35 bits per heavy atom. The van der Waals surface area contributed by atoms with Gasteiger partial charge >= 0.3 is 0 Å². The Balaban J connectivity index is 3.29. The topological polar surface area (TPSA) is 71.0 Å². The van der Waals surface area contributed by atoms with Crippen molar-refractivity contribution in [2.75, 3.05) is 40.0 Å². The first kappa shape index (κ1) is 16.8. The Morgan fingerprint density at radius 1 is 1.06 bits per heavy atom. The molecule has 0 aliphatic rings. The Labute approximate surface area is 104 Å². The van der Waals surface area contributed by atoms with Crippen molar-refractivity contribution in [3.05, 3.63) is 0 Å². The summed E-state index contributed by atoms with van der Waals surface area (Å²) in [5.41, 5.74) is 0. The summed E-state index contributed by atoms with van der Waals surface area (Å²) in [6.45, 7) is 6.66. The molecule has 0 bridgehead atoms. The van der Waals surface area contributed by atoms with Crippen LogP contribution in [0, 0.1) is 5.92 Å². The van der Waals surface area contributed by atoms with Crippen LogP contribution in [-0.2, 0) is 9.47 Å². The lowest BCUT2D eigenvalue weighted by molar-refractivity contribution is 0.0248. The lowest BCUT2D eigenvalue weighted by Gasteiger charge is -2.14. The minimum absolute atomic E-state index is 0.349. The maximum atomic E-state index is 9.56. The first-order chi connectivity index (χ1) is 8.06. The van der Waals surface area contributed by atoms with Gasteiger partial charge in [-0.3, -0.25) is 0 Å². The van der Waals surface area contributed by atoms with Crippen molar-refractivity contribution in [1.82, 2.24) is 5.32 Å². The van der Waals surface area contributed by atoms with E-state index in [0.29, 0.717) is 45.2 Å². The first-order valence-corrected chi connectivity index (χ1v) is 6.19. The van der Waals surface area contributed by atoms with Gasteiger partial charge in [0.2, 0.25) is 0 Å². The molecule has 2 unspecified atom stereocenters. The molecule has 0 aromatic rings. The summed E-state index contributed by atoms with van der Waals surface area (Å²) >= 11 is 0. The molecule has 0 fully saturated rings. The van der Waals surface area contributed by atoms with Gasteiger partial charge in [-0.25, -0.2) is 0 Å². The Morgan fingerprint density at radius 2 is 1.76 bits per heavy atom. The van der Waals surface area contributed by atoms with E-state index >= 15 is 0 Å². The SMILES string of the molecule is COCC(O)CCNCC(O)COCC(C)C. The van der Waals surface area contributed by atoms with Crippen molar-refractivity contribution >= 4 is 0 Å². The molecule has 0 aliphatic heterocycles. The molecule has 0 rings (SSSR count). The van der Waals surface area contributed by atoms with Crippen LogP contribution >= 0.6 is 0 Å². The van der Waals surface area contributed by atoms with Gasteiger partial charge in [0.1, 0.15) is 0 Å². The van der Waals surface area contributed by atoms with Crippen molar-refractivity contribution in [2.45, 2.75) is 32.5 Å². The smallest absolute Gasteiger partial charge is 0.0897 e. The number of hydrogen-bond acceptors (Lipinski definition) is 5. The maximum Gasteiger partial charge on any atom is 0.0897 e. The van der Waals surface area contributed by atoms with E-state index in [1.807, 2.05) is 0 Å². The highest BCUT2D eigenvalue weighted by Gasteiger charge is 2.06. The highest BCUT2D eigenvalue weighted by atomic mass is 16.5. The number of nitrogens with one attached hydrogen (secondary N) is 1. The average Bonchev–Trinajstić information content (AvgIpc) is 2.24. The highest BCUT2D eigenvalue weighted by molar-refractivity contribution is 4.61. The molecule has 0 aromatic heterocycles. The summed E-state index contributed by atoms with van der Waals surface area (Å²) in [6, 6.07) is 0. The molecular weight excluding hydrogens is 222 g/mol. The zero-order valence-electron chi connectivity index (χ0n) is 11.2. The Kier molecular flexibility index (Phi) is 10.8. The van der Waals surface area contributed by atoms with Gasteiger partial charge in [0.25, 0.3) is 0 Å². The highest BCUT2D eigenvalue weighted by Crippen LogP contribution is 1.94. The third-order valence-electron chi connectivity index (χ3n) is 2.15. The third kappa shape index (κ3) is 12.1. The van der Waals surface area contributed by atoms with Gasteiger partial charge < -0.3 is 25.0 Å². The fraction of sp³-hybridized carbons (Fsp3) is 1.00. The molecule has 5 heteroatoms. The molecule has 0 spiro atoms. The molecule has 0 amide bonds. The fourth-order valence-corrected chi connectivity index (χ4v) is 1.31. The van der Waals surface area contributed by atoms with E-state index in [1.165, 1.54) is 0 Å². The van der Waals surface area contributed by atoms with Crippen molar-refractivity contribution in [3.63, 3.8) is 0 Å². The number of hydrogen-bond donors (Lipinski definition) is 3. The summed E-state index contributed by atoms with van der Waals surface area (Å²) in [6.07, 6.45) is -0.317. The Bertz CT molecular complexity index is 167. The quantitative estimate of drug-likeness (QED) is 0.450. The van der Waals surface area contributed by atoms with Crippen LogP contribution in [0.4, 0.5) is 0 Å². The zero-order valence-corrected chi connectivity index (χ0v) is 11.2. The van der Waals surface area contributed by atoms with Crippen LogP contribution < -0.4 is 5.32 Å². The lowest BCUT2D eigenvalue weighted by Crippen LogP contribution is -2.33. The van der Waals surface area contributed by atoms with Crippen LogP contribution in [-0.4, -0.2) is 62.4 Å². The van der Waals surface area contributed by atoms with Crippen molar-refractivity contribution < 1.29 is 19.7 Å². The van der Waals surface area contributed by atoms with Gasteiger partial charge in [0.05, 0.1) is 25.4 Å². The van der Waals surface area contributed by atoms with Crippen LogP contribution in [0.3, 0.4) is 0 Å². The van der Waals surface area contributed by atoms with E-state index in [0.717, 1.165) is 0 Å². The van der Waals surface area contributed by atoms with E-state index in [9.17, 15) is 10.2 Å². The largest absolute Gasteiger partial charge is 0.391 e. The van der Waals surface area contributed by atoms with Crippen molar-refractivity contribution in [2.24, 2.45) is 5.92 Å². The van der Waals surface area contributed by atoms with Crippen molar-refractivity contribution in [3.8, 4) is 0 Å². The predicted octanol–water partition coefficient (Wildman–Crippen LogP) is 0.00690. The molecule has 0 aliphatic carbocycles. The van der Waals surface area contributed by atoms with Gasteiger partial charge in [0.15, 0.2) is 0 Å². The summed E-state index contributed by atoms with van der Waals surface area (Å²) in [4.78, 5) is 0. The molecule has 17 heavy (non-hydrogen) atoms. The first-order valence-electron chi connectivity index (χ1n) is 6.19. The molecule has 0 heterocycles. The summed E-state index contributed by atoms with van der Waals surface area (Å²) in [5, 5.41) is 22.0. The van der Waals surface area contributed by atoms with Gasteiger partial charge in [-0.1, -0.05) is 13.8 Å². The minimum atomic E-state index is -0.492. The second-order valence-corrected chi connectivity index (χ2v) is 4.69. The monoisotopic (exact) mass is 249 g/mol. The number of methoxy groups -OCH3 is 1. The Hall–Kier alpha value is -0.200. The average molecular weight is 249 g/mol. The maximum absolute atomic E-state index is 9.56. The van der Waals surface area contributed by atoms with Gasteiger partial charge in [-0.05, 0) is 18.9 Å². The molecule has 3 N–H and O–H groups in total. The van der Waals surface area contributed by atoms with Gasteiger partial charge in [-0.15, -0.1) is 0 Å². The van der Waals surface area contributed by atoms with E-state index in [4.69, 9.17) is 9.47 Å². The van der Waals surface area contributed by atoms with E-state index in [-0.39, 0.29) is 0 Å². The summed E-state index contributed by atoms with van der Waals surface area (Å²) in [7, 11) is 1.56. The van der Waals surface area contributed by atoms with Crippen LogP contribution in [0.15, 0.2) is 0 Å². The van der Waals surface area contributed by atoms with E-state index in [2.05, 4.69) is 19.2 Å². The second kappa shape index (κ2) is 10.9. The third-order valence-corrected chi connectivity index (χ3v) is 2.15. The number of aliphatic hydroxyl groups is 2. The van der Waals surface area contributed by atoms with Crippen LogP contribution in [0.1, 0.15) is 20.3 Å². The van der Waals surface area contributed by atoms with Gasteiger partial charge in [-0.2, -0.15) is 0 Å². The predicted molar refractivity (Wildman–Crippen MR) is 67.0 cm³/mol. The molecule has 104 valence electrons.